The summed E-state index contributed by atoms with van der Waals surface area (Å²) in [5.74, 6) is 0.143. The summed E-state index contributed by atoms with van der Waals surface area (Å²) in [7, 11) is 0. The molecule has 0 atom stereocenters. The van der Waals surface area contributed by atoms with Crippen LogP contribution >= 0.6 is 23.2 Å². The van der Waals surface area contributed by atoms with Crippen molar-refractivity contribution in [3.63, 3.8) is 0 Å². The number of benzene rings is 2. The minimum atomic E-state index is -0.248. The predicted octanol–water partition coefficient (Wildman–Crippen LogP) is 5.45. The SMILES string of the molecule is O=C(Nc1cccc(-c2nc3cc(Cl)cc(Cl)c3o2)c1)c1cccnc1. The summed E-state index contributed by atoms with van der Waals surface area (Å²) >= 11 is 12.2. The van der Waals surface area contributed by atoms with Crippen molar-refractivity contribution in [1.82, 2.24) is 9.97 Å². The van der Waals surface area contributed by atoms with Crippen LogP contribution in [-0.2, 0) is 0 Å². The van der Waals surface area contributed by atoms with Gasteiger partial charge in [0.25, 0.3) is 5.91 Å². The maximum absolute atomic E-state index is 12.3. The fourth-order valence-electron chi connectivity index (χ4n) is 2.51. The molecule has 26 heavy (non-hydrogen) atoms. The third kappa shape index (κ3) is 3.27. The van der Waals surface area contributed by atoms with Gasteiger partial charge in [-0.15, -0.1) is 0 Å². The molecule has 2 aromatic carbocycles. The number of rotatable bonds is 3. The molecule has 2 aromatic heterocycles. The van der Waals surface area contributed by atoms with Gasteiger partial charge in [0.05, 0.1) is 10.6 Å². The molecule has 0 fully saturated rings. The zero-order valence-electron chi connectivity index (χ0n) is 13.2. The number of fused-ring (bicyclic) bond motifs is 1. The van der Waals surface area contributed by atoms with Crippen molar-refractivity contribution in [2.45, 2.75) is 0 Å². The van der Waals surface area contributed by atoms with Crippen LogP contribution in [0.1, 0.15) is 10.4 Å². The molecule has 0 spiro atoms. The minimum absolute atomic E-state index is 0.248. The first kappa shape index (κ1) is 16.6. The van der Waals surface area contributed by atoms with E-state index < -0.39 is 0 Å². The molecule has 2 heterocycles. The van der Waals surface area contributed by atoms with Gasteiger partial charge in [0.15, 0.2) is 5.58 Å². The number of amides is 1. The monoisotopic (exact) mass is 383 g/mol. The molecule has 7 heteroatoms. The number of oxazole rings is 1. The first-order chi connectivity index (χ1) is 12.6. The number of nitrogens with one attached hydrogen (secondary N) is 1. The third-order valence-electron chi connectivity index (χ3n) is 3.70. The van der Waals surface area contributed by atoms with E-state index >= 15 is 0 Å². The second-order valence-corrected chi connectivity index (χ2v) is 6.38. The first-order valence-corrected chi connectivity index (χ1v) is 8.43. The Balaban J connectivity index is 1.66. The lowest BCUT2D eigenvalue weighted by molar-refractivity contribution is 0.102. The van der Waals surface area contributed by atoms with Gasteiger partial charge >= 0.3 is 0 Å². The van der Waals surface area contributed by atoms with E-state index in [1.54, 1.807) is 48.7 Å². The van der Waals surface area contributed by atoms with Crippen LogP contribution in [0.5, 0.6) is 0 Å². The Labute approximate surface area is 158 Å². The van der Waals surface area contributed by atoms with E-state index in [4.69, 9.17) is 27.6 Å². The average Bonchev–Trinajstić information content (AvgIpc) is 3.07. The molecule has 4 rings (SSSR count). The number of hydrogen-bond donors (Lipinski definition) is 1. The molecule has 0 aliphatic carbocycles. The Bertz CT molecular complexity index is 1110. The summed E-state index contributed by atoms with van der Waals surface area (Å²) < 4.78 is 5.76. The Kier molecular flexibility index (Phi) is 4.32. The van der Waals surface area contributed by atoms with Crippen LogP contribution in [-0.4, -0.2) is 15.9 Å². The Morgan fingerprint density at radius 1 is 1.08 bits per heavy atom. The van der Waals surface area contributed by atoms with E-state index in [2.05, 4.69) is 15.3 Å². The number of aromatic nitrogens is 2. The van der Waals surface area contributed by atoms with Crippen molar-refractivity contribution in [2.75, 3.05) is 5.32 Å². The zero-order chi connectivity index (χ0) is 18.1. The van der Waals surface area contributed by atoms with Crippen molar-refractivity contribution >= 4 is 45.9 Å². The molecule has 128 valence electrons. The maximum Gasteiger partial charge on any atom is 0.257 e. The number of anilines is 1. The van der Waals surface area contributed by atoms with E-state index in [0.717, 1.165) is 0 Å². The number of nitrogens with zero attached hydrogens (tertiary/aromatic N) is 2. The van der Waals surface area contributed by atoms with Crippen molar-refractivity contribution in [3.8, 4) is 11.5 Å². The van der Waals surface area contributed by atoms with E-state index in [-0.39, 0.29) is 5.91 Å². The van der Waals surface area contributed by atoms with Crippen molar-refractivity contribution in [2.24, 2.45) is 0 Å². The van der Waals surface area contributed by atoms with Gasteiger partial charge in [-0.05, 0) is 42.5 Å². The highest BCUT2D eigenvalue weighted by Gasteiger charge is 2.13. The molecule has 5 nitrogen and oxygen atoms in total. The van der Waals surface area contributed by atoms with Gasteiger partial charge in [0.2, 0.25) is 5.89 Å². The van der Waals surface area contributed by atoms with Gasteiger partial charge in [0.1, 0.15) is 5.52 Å². The molecule has 0 saturated heterocycles. The normalized spacial score (nSPS) is 10.8. The second-order valence-electron chi connectivity index (χ2n) is 5.53. The maximum atomic E-state index is 12.3. The minimum Gasteiger partial charge on any atom is -0.435 e. The fourth-order valence-corrected chi connectivity index (χ4v) is 3.03. The van der Waals surface area contributed by atoms with E-state index in [9.17, 15) is 4.79 Å². The van der Waals surface area contributed by atoms with Crippen LogP contribution in [0.3, 0.4) is 0 Å². The lowest BCUT2D eigenvalue weighted by Crippen LogP contribution is -2.11. The predicted molar refractivity (Wildman–Crippen MR) is 102 cm³/mol. The summed E-state index contributed by atoms with van der Waals surface area (Å²) in [4.78, 5) is 20.6. The van der Waals surface area contributed by atoms with Crippen LogP contribution in [0.4, 0.5) is 5.69 Å². The Morgan fingerprint density at radius 2 is 1.96 bits per heavy atom. The zero-order valence-corrected chi connectivity index (χ0v) is 14.8. The first-order valence-electron chi connectivity index (χ1n) is 7.67. The third-order valence-corrected chi connectivity index (χ3v) is 4.20. The number of halogens is 2. The van der Waals surface area contributed by atoms with Gasteiger partial charge < -0.3 is 9.73 Å². The van der Waals surface area contributed by atoms with Gasteiger partial charge in [-0.2, -0.15) is 0 Å². The van der Waals surface area contributed by atoms with Crippen LogP contribution in [0.15, 0.2) is 65.3 Å². The number of carbonyl (C=O) groups excluding carboxylic acids is 1. The van der Waals surface area contributed by atoms with Crippen LogP contribution in [0, 0.1) is 0 Å². The molecular formula is C19H11Cl2N3O2. The largest absolute Gasteiger partial charge is 0.435 e. The molecule has 0 bridgehead atoms. The smallest absolute Gasteiger partial charge is 0.257 e. The summed E-state index contributed by atoms with van der Waals surface area (Å²) in [6.45, 7) is 0. The fraction of sp³-hybridized carbons (Fsp3) is 0. The van der Waals surface area contributed by atoms with Crippen molar-refractivity contribution in [3.05, 3.63) is 76.5 Å². The molecule has 0 aliphatic rings. The number of hydrogen-bond acceptors (Lipinski definition) is 4. The Hall–Kier alpha value is -2.89. The van der Waals surface area contributed by atoms with Crippen molar-refractivity contribution < 1.29 is 9.21 Å². The lowest BCUT2D eigenvalue weighted by atomic mass is 10.2. The van der Waals surface area contributed by atoms with Gasteiger partial charge in [-0.1, -0.05) is 29.3 Å². The highest BCUT2D eigenvalue weighted by Crippen LogP contribution is 2.32. The van der Waals surface area contributed by atoms with Gasteiger partial charge in [-0.3, -0.25) is 9.78 Å². The van der Waals surface area contributed by atoms with E-state index in [1.807, 2.05) is 6.07 Å². The quantitative estimate of drug-likeness (QED) is 0.510. The molecule has 0 saturated carbocycles. The molecule has 4 aromatic rings. The molecular weight excluding hydrogens is 373 g/mol. The van der Waals surface area contributed by atoms with Crippen LogP contribution in [0.25, 0.3) is 22.6 Å². The van der Waals surface area contributed by atoms with E-state index in [0.29, 0.717) is 43.9 Å². The highest BCUT2D eigenvalue weighted by atomic mass is 35.5. The lowest BCUT2D eigenvalue weighted by Gasteiger charge is -2.06. The van der Waals surface area contributed by atoms with E-state index in [1.165, 1.54) is 6.20 Å². The summed E-state index contributed by atoms with van der Waals surface area (Å²) in [6.07, 6.45) is 3.12. The number of carbonyl (C=O) groups is 1. The summed E-state index contributed by atoms with van der Waals surface area (Å²) in [6, 6.07) is 13.9. The van der Waals surface area contributed by atoms with Gasteiger partial charge in [0, 0.05) is 28.7 Å². The summed E-state index contributed by atoms with van der Waals surface area (Å²) in [5.41, 5.74) is 2.83. The molecule has 0 aliphatic heterocycles. The molecule has 1 amide bonds. The molecule has 0 radical (unpaired) electrons. The standard InChI is InChI=1S/C19H11Cl2N3O2/c20-13-8-15(21)17-16(9-13)24-19(26-17)11-3-1-5-14(7-11)23-18(25)12-4-2-6-22-10-12/h1-10H,(H,23,25). The second kappa shape index (κ2) is 6.78. The number of pyridine rings is 1. The average molecular weight is 384 g/mol. The van der Waals surface area contributed by atoms with Crippen LogP contribution < -0.4 is 5.32 Å². The molecule has 0 unspecified atom stereocenters. The topological polar surface area (TPSA) is 68.0 Å². The summed E-state index contributed by atoms with van der Waals surface area (Å²) in [5, 5.41) is 3.71. The van der Waals surface area contributed by atoms with Crippen LogP contribution in [0.2, 0.25) is 10.0 Å². The molecule has 1 N–H and O–H groups in total. The highest BCUT2D eigenvalue weighted by molar-refractivity contribution is 6.38. The Morgan fingerprint density at radius 3 is 2.77 bits per heavy atom. The van der Waals surface area contributed by atoms with Gasteiger partial charge in [-0.25, -0.2) is 4.98 Å². The van der Waals surface area contributed by atoms with Crippen molar-refractivity contribution in [1.29, 1.82) is 0 Å².